The number of benzene rings is 2. The number of nitrogens with zero attached hydrogens (tertiary/aromatic N) is 1. The lowest BCUT2D eigenvalue weighted by molar-refractivity contribution is 0.0940. The maximum atomic E-state index is 12.5. The summed E-state index contributed by atoms with van der Waals surface area (Å²) in [6.45, 7) is 2.43. The van der Waals surface area contributed by atoms with Crippen LogP contribution in [0, 0.1) is 0 Å². The fraction of sp³-hybridized carbons (Fsp3) is 0.316. The zero-order valence-corrected chi connectivity index (χ0v) is 15.2. The van der Waals surface area contributed by atoms with E-state index in [-0.39, 0.29) is 11.9 Å². The first kappa shape index (κ1) is 17.5. The second-order valence-electron chi connectivity index (χ2n) is 6.39. The zero-order valence-electron chi connectivity index (χ0n) is 14.4. The maximum Gasteiger partial charge on any atom is 0.251 e. The smallest absolute Gasteiger partial charge is 0.251 e. The molecule has 1 aliphatic rings. The van der Waals surface area contributed by atoms with Crippen LogP contribution in [0.5, 0.6) is 0 Å². The van der Waals surface area contributed by atoms with Crippen LogP contribution in [-0.2, 0) is 16.4 Å². The number of anilines is 1. The Labute approximate surface area is 148 Å². The lowest BCUT2D eigenvalue weighted by Crippen LogP contribution is -2.35. The van der Waals surface area contributed by atoms with E-state index in [1.165, 1.54) is 10.6 Å². The summed E-state index contributed by atoms with van der Waals surface area (Å²) < 4.78 is 25.3. The van der Waals surface area contributed by atoms with Gasteiger partial charge in [-0.05, 0) is 49.1 Å². The Hall–Kier alpha value is -2.34. The number of aryl methyl sites for hydroxylation is 1. The summed E-state index contributed by atoms with van der Waals surface area (Å²) in [6, 6.07) is 14.9. The van der Waals surface area contributed by atoms with Gasteiger partial charge in [-0.3, -0.25) is 9.10 Å². The van der Waals surface area contributed by atoms with Gasteiger partial charge < -0.3 is 5.32 Å². The summed E-state index contributed by atoms with van der Waals surface area (Å²) in [5.41, 5.74) is 3.17. The van der Waals surface area contributed by atoms with E-state index in [0.29, 0.717) is 17.8 Å². The molecule has 5 nitrogen and oxygen atoms in total. The van der Waals surface area contributed by atoms with Crippen LogP contribution in [0.4, 0.5) is 5.69 Å². The number of fused-ring (bicyclic) bond motifs is 1. The maximum absolute atomic E-state index is 12.5. The van der Waals surface area contributed by atoms with Gasteiger partial charge >= 0.3 is 0 Å². The third-order valence-corrected chi connectivity index (χ3v) is 5.65. The normalized spacial score (nSPS) is 15.4. The molecule has 1 amide bonds. The van der Waals surface area contributed by atoms with Gasteiger partial charge in [0.1, 0.15) is 0 Å². The molecule has 3 rings (SSSR count). The van der Waals surface area contributed by atoms with Crippen LogP contribution in [0.2, 0.25) is 0 Å². The summed E-state index contributed by atoms with van der Waals surface area (Å²) in [4.78, 5) is 12.5. The molecule has 0 saturated heterocycles. The van der Waals surface area contributed by atoms with Crippen molar-refractivity contribution in [2.24, 2.45) is 0 Å². The number of carbonyl (C=O) groups excluding carboxylic acids is 1. The minimum Gasteiger partial charge on any atom is -0.346 e. The highest BCUT2D eigenvalue weighted by molar-refractivity contribution is 7.92. The number of sulfonamides is 1. The van der Waals surface area contributed by atoms with E-state index in [1.54, 1.807) is 18.2 Å². The largest absolute Gasteiger partial charge is 0.346 e. The molecule has 132 valence electrons. The predicted octanol–water partition coefficient (Wildman–Crippen LogP) is 2.89. The van der Waals surface area contributed by atoms with Crippen LogP contribution in [0.3, 0.4) is 0 Å². The van der Waals surface area contributed by atoms with Crippen molar-refractivity contribution < 1.29 is 13.2 Å². The van der Waals surface area contributed by atoms with Gasteiger partial charge in [0.05, 0.1) is 18.0 Å². The second-order valence-corrected chi connectivity index (χ2v) is 8.29. The van der Waals surface area contributed by atoms with Crippen LogP contribution in [0.1, 0.15) is 40.9 Å². The first-order valence-electron chi connectivity index (χ1n) is 8.33. The molecule has 0 bridgehead atoms. The van der Waals surface area contributed by atoms with E-state index >= 15 is 0 Å². The van der Waals surface area contributed by atoms with Gasteiger partial charge in [0.15, 0.2) is 0 Å². The Bertz CT molecular complexity index is 879. The van der Waals surface area contributed by atoms with E-state index in [0.717, 1.165) is 24.0 Å². The molecular weight excluding hydrogens is 336 g/mol. The molecule has 2 aromatic carbocycles. The second kappa shape index (κ2) is 6.88. The zero-order chi connectivity index (χ0) is 18.0. The molecule has 0 aromatic heterocycles. The highest BCUT2D eigenvalue weighted by Gasteiger charge is 2.24. The van der Waals surface area contributed by atoms with Gasteiger partial charge in [-0.15, -0.1) is 0 Å². The van der Waals surface area contributed by atoms with Crippen molar-refractivity contribution in [1.82, 2.24) is 5.32 Å². The molecule has 1 N–H and O–H groups in total. The SMILES string of the molecule is C[C@H](NC(=O)c1ccc2c(c1)CCCN2S(C)(=O)=O)c1ccccc1. The molecule has 1 atom stereocenters. The number of hydrogen-bond donors (Lipinski definition) is 1. The van der Waals surface area contributed by atoms with E-state index < -0.39 is 10.0 Å². The topological polar surface area (TPSA) is 66.5 Å². The Kier molecular flexibility index (Phi) is 4.81. The molecule has 1 heterocycles. The summed E-state index contributed by atoms with van der Waals surface area (Å²) in [7, 11) is -3.29. The van der Waals surface area contributed by atoms with Crippen LogP contribution in [0.25, 0.3) is 0 Å². The van der Waals surface area contributed by atoms with Gasteiger partial charge in [0.25, 0.3) is 5.91 Å². The minimum atomic E-state index is -3.29. The quantitative estimate of drug-likeness (QED) is 0.914. The fourth-order valence-corrected chi connectivity index (χ4v) is 4.15. The third-order valence-electron chi connectivity index (χ3n) is 4.47. The highest BCUT2D eigenvalue weighted by atomic mass is 32.2. The monoisotopic (exact) mass is 358 g/mol. The number of hydrogen-bond acceptors (Lipinski definition) is 3. The first-order chi connectivity index (χ1) is 11.9. The van der Waals surface area contributed by atoms with Gasteiger partial charge in [-0.2, -0.15) is 0 Å². The van der Waals surface area contributed by atoms with Crippen molar-refractivity contribution in [3.8, 4) is 0 Å². The molecule has 6 heteroatoms. The lowest BCUT2D eigenvalue weighted by atomic mass is 10.00. The molecule has 0 unspecified atom stereocenters. The summed E-state index contributed by atoms with van der Waals surface area (Å²) in [5, 5.41) is 2.99. The van der Waals surface area contributed by atoms with Crippen molar-refractivity contribution in [2.45, 2.75) is 25.8 Å². The lowest BCUT2D eigenvalue weighted by Gasteiger charge is -2.29. The van der Waals surface area contributed by atoms with Gasteiger partial charge in [0.2, 0.25) is 10.0 Å². The van der Waals surface area contributed by atoms with Gasteiger partial charge in [-0.1, -0.05) is 30.3 Å². The standard InChI is InChI=1S/C19H22N2O3S/c1-14(15-7-4-3-5-8-15)20-19(22)17-10-11-18-16(13-17)9-6-12-21(18)25(2,23)24/h3-5,7-8,10-11,13-14H,6,9,12H2,1-2H3,(H,20,22)/t14-/m0/s1. The van der Waals surface area contributed by atoms with E-state index in [4.69, 9.17) is 0 Å². The van der Waals surface area contributed by atoms with Crippen molar-refractivity contribution in [2.75, 3.05) is 17.1 Å². The number of carbonyl (C=O) groups is 1. The minimum absolute atomic E-state index is 0.0998. The molecule has 0 radical (unpaired) electrons. The summed E-state index contributed by atoms with van der Waals surface area (Å²) in [5.74, 6) is -0.157. The van der Waals surface area contributed by atoms with E-state index in [9.17, 15) is 13.2 Å². The molecule has 0 fully saturated rings. The molecule has 25 heavy (non-hydrogen) atoms. The molecule has 1 aliphatic heterocycles. The first-order valence-corrected chi connectivity index (χ1v) is 10.2. The predicted molar refractivity (Wildman–Crippen MR) is 99.3 cm³/mol. The van der Waals surface area contributed by atoms with E-state index in [1.807, 2.05) is 37.3 Å². The number of rotatable bonds is 4. The fourth-order valence-electron chi connectivity index (χ4n) is 3.15. The molecule has 0 aliphatic carbocycles. The van der Waals surface area contributed by atoms with E-state index in [2.05, 4.69) is 5.32 Å². The number of nitrogens with one attached hydrogen (secondary N) is 1. The van der Waals surface area contributed by atoms with Crippen LogP contribution < -0.4 is 9.62 Å². The molecule has 0 spiro atoms. The Morgan fingerprint density at radius 3 is 2.56 bits per heavy atom. The summed E-state index contributed by atoms with van der Waals surface area (Å²) in [6.07, 6.45) is 2.74. The van der Waals surface area contributed by atoms with Crippen molar-refractivity contribution in [3.63, 3.8) is 0 Å². The van der Waals surface area contributed by atoms with Gasteiger partial charge in [-0.25, -0.2) is 8.42 Å². The highest BCUT2D eigenvalue weighted by Crippen LogP contribution is 2.30. The Morgan fingerprint density at radius 1 is 1.16 bits per heavy atom. The van der Waals surface area contributed by atoms with Crippen LogP contribution >= 0.6 is 0 Å². The Morgan fingerprint density at radius 2 is 1.88 bits per heavy atom. The van der Waals surface area contributed by atoms with Crippen molar-refractivity contribution in [1.29, 1.82) is 0 Å². The third kappa shape index (κ3) is 3.85. The van der Waals surface area contributed by atoms with Crippen molar-refractivity contribution >= 4 is 21.6 Å². The molecule has 0 saturated carbocycles. The van der Waals surface area contributed by atoms with Crippen LogP contribution in [-0.4, -0.2) is 27.1 Å². The van der Waals surface area contributed by atoms with Gasteiger partial charge in [0, 0.05) is 12.1 Å². The molecular formula is C19H22N2O3S. The average molecular weight is 358 g/mol. The van der Waals surface area contributed by atoms with Crippen LogP contribution in [0.15, 0.2) is 48.5 Å². The number of amides is 1. The summed E-state index contributed by atoms with van der Waals surface area (Å²) >= 11 is 0. The van der Waals surface area contributed by atoms with Crippen molar-refractivity contribution in [3.05, 3.63) is 65.2 Å². The average Bonchev–Trinajstić information content (AvgIpc) is 2.60. The molecule has 2 aromatic rings. The Balaban J connectivity index is 1.81.